The third-order valence-electron chi connectivity index (χ3n) is 4.30. The summed E-state index contributed by atoms with van der Waals surface area (Å²) >= 11 is 0. The standard InChI is InChI=1S/C19H21NO2/c1-2-22-19(21)18-8-7-16-11-14(5-6-17(16)12-18)10-15-4-3-9-20-13-15/h3-4,7-9,12-14H,2,5-6,10-11H2,1H3. The molecule has 0 N–H and O–H groups in total. The lowest BCUT2D eigenvalue weighted by molar-refractivity contribution is 0.0526. The van der Waals surface area contributed by atoms with Crippen LogP contribution in [0.2, 0.25) is 0 Å². The van der Waals surface area contributed by atoms with E-state index in [1.165, 1.54) is 16.7 Å². The van der Waals surface area contributed by atoms with E-state index in [9.17, 15) is 4.79 Å². The average molecular weight is 295 g/mol. The predicted octanol–water partition coefficient (Wildman–Crippen LogP) is 3.61. The van der Waals surface area contributed by atoms with E-state index >= 15 is 0 Å². The van der Waals surface area contributed by atoms with Crippen molar-refractivity contribution in [2.45, 2.75) is 32.6 Å². The first-order valence-corrected chi connectivity index (χ1v) is 7.94. The van der Waals surface area contributed by atoms with Crippen molar-refractivity contribution in [3.63, 3.8) is 0 Å². The lowest BCUT2D eigenvalue weighted by Gasteiger charge is -2.25. The van der Waals surface area contributed by atoms with Gasteiger partial charge in [-0.3, -0.25) is 4.98 Å². The minimum atomic E-state index is -0.220. The van der Waals surface area contributed by atoms with Gasteiger partial charge in [-0.05, 0) is 73.4 Å². The fourth-order valence-corrected chi connectivity index (χ4v) is 3.20. The summed E-state index contributed by atoms with van der Waals surface area (Å²) in [6.45, 7) is 2.25. The number of nitrogens with zero attached hydrogens (tertiary/aromatic N) is 1. The maximum atomic E-state index is 11.8. The van der Waals surface area contributed by atoms with Crippen LogP contribution < -0.4 is 0 Å². The molecule has 1 unspecified atom stereocenters. The number of esters is 1. The van der Waals surface area contributed by atoms with Crippen molar-refractivity contribution in [1.82, 2.24) is 4.98 Å². The molecule has 1 aliphatic carbocycles. The van der Waals surface area contributed by atoms with Crippen LogP contribution in [0.25, 0.3) is 0 Å². The van der Waals surface area contributed by atoms with Gasteiger partial charge in [0.15, 0.2) is 0 Å². The zero-order valence-corrected chi connectivity index (χ0v) is 12.9. The number of hydrogen-bond donors (Lipinski definition) is 0. The number of carbonyl (C=O) groups excluding carboxylic acids is 1. The number of rotatable bonds is 4. The van der Waals surface area contributed by atoms with Gasteiger partial charge in [0.25, 0.3) is 0 Å². The number of benzene rings is 1. The fourth-order valence-electron chi connectivity index (χ4n) is 3.20. The van der Waals surface area contributed by atoms with Gasteiger partial charge in [0.05, 0.1) is 12.2 Å². The lowest BCUT2D eigenvalue weighted by Crippen LogP contribution is -2.17. The Labute approximate surface area is 131 Å². The van der Waals surface area contributed by atoms with Crippen LogP contribution >= 0.6 is 0 Å². The zero-order chi connectivity index (χ0) is 15.4. The smallest absolute Gasteiger partial charge is 0.338 e. The van der Waals surface area contributed by atoms with E-state index < -0.39 is 0 Å². The van der Waals surface area contributed by atoms with Gasteiger partial charge in [-0.1, -0.05) is 12.1 Å². The number of carbonyl (C=O) groups is 1. The van der Waals surface area contributed by atoms with E-state index in [4.69, 9.17) is 4.74 Å². The van der Waals surface area contributed by atoms with Crippen LogP contribution in [0.5, 0.6) is 0 Å². The van der Waals surface area contributed by atoms with Gasteiger partial charge in [0.1, 0.15) is 0 Å². The van der Waals surface area contributed by atoms with Gasteiger partial charge in [0.2, 0.25) is 0 Å². The van der Waals surface area contributed by atoms with E-state index in [0.717, 1.165) is 25.7 Å². The molecule has 1 aliphatic rings. The van der Waals surface area contributed by atoms with Crippen LogP contribution in [0, 0.1) is 5.92 Å². The summed E-state index contributed by atoms with van der Waals surface area (Å²) in [5.41, 5.74) is 4.64. The van der Waals surface area contributed by atoms with Crippen LogP contribution in [0.15, 0.2) is 42.7 Å². The van der Waals surface area contributed by atoms with Crippen molar-refractivity contribution in [3.05, 3.63) is 65.0 Å². The molecule has 3 nitrogen and oxygen atoms in total. The number of hydrogen-bond acceptors (Lipinski definition) is 3. The molecule has 1 aromatic heterocycles. The van der Waals surface area contributed by atoms with E-state index in [1.54, 1.807) is 0 Å². The first-order valence-electron chi connectivity index (χ1n) is 7.94. The topological polar surface area (TPSA) is 39.2 Å². The van der Waals surface area contributed by atoms with Crippen LogP contribution in [0.3, 0.4) is 0 Å². The third-order valence-corrected chi connectivity index (χ3v) is 4.30. The number of pyridine rings is 1. The van der Waals surface area contributed by atoms with Gasteiger partial charge in [-0.2, -0.15) is 0 Å². The van der Waals surface area contributed by atoms with Crippen LogP contribution in [0.1, 0.15) is 40.4 Å². The van der Waals surface area contributed by atoms with Crippen LogP contribution in [-0.2, 0) is 24.0 Å². The first kappa shape index (κ1) is 14.8. The Kier molecular flexibility index (Phi) is 4.52. The highest BCUT2D eigenvalue weighted by molar-refractivity contribution is 5.89. The average Bonchev–Trinajstić information content (AvgIpc) is 2.55. The maximum absolute atomic E-state index is 11.8. The largest absolute Gasteiger partial charge is 0.462 e. The summed E-state index contributed by atoms with van der Waals surface area (Å²) in [4.78, 5) is 16.0. The molecule has 2 aromatic rings. The number of fused-ring (bicyclic) bond motifs is 1. The van der Waals surface area contributed by atoms with Crippen molar-refractivity contribution >= 4 is 5.97 Å². The lowest BCUT2D eigenvalue weighted by atomic mass is 9.80. The molecule has 114 valence electrons. The molecule has 3 rings (SSSR count). The SMILES string of the molecule is CCOC(=O)c1ccc2c(c1)CCC(Cc1cccnc1)C2. The summed E-state index contributed by atoms with van der Waals surface area (Å²) in [5.74, 6) is 0.438. The zero-order valence-electron chi connectivity index (χ0n) is 12.9. The van der Waals surface area contributed by atoms with Gasteiger partial charge >= 0.3 is 5.97 Å². The van der Waals surface area contributed by atoms with Gasteiger partial charge < -0.3 is 4.74 Å². The monoisotopic (exact) mass is 295 g/mol. The fraction of sp³-hybridized carbons (Fsp3) is 0.368. The Hall–Kier alpha value is -2.16. The molecule has 0 aliphatic heterocycles. The number of aromatic nitrogens is 1. The van der Waals surface area contributed by atoms with E-state index in [0.29, 0.717) is 18.1 Å². The Morgan fingerprint density at radius 1 is 1.32 bits per heavy atom. The molecule has 1 heterocycles. The Morgan fingerprint density at radius 3 is 3.00 bits per heavy atom. The highest BCUT2D eigenvalue weighted by Crippen LogP contribution is 2.28. The summed E-state index contributed by atoms with van der Waals surface area (Å²) in [7, 11) is 0. The minimum Gasteiger partial charge on any atom is -0.462 e. The molecule has 0 saturated heterocycles. The second kappa shape index (κ2) is 6.73. The Bertz CT molecular complexity index is 652. The summed E-state index contributed by atoms with van der Waals surface area (Å²) in [6, 6.07) is 10.1. The Morgan fingerprint density at radius 2 is 2.23 bits per heavy atom. The van der Waals surface area contributed by atoms with Crippen molar-refractivity contribution in [2.75, 3.05) is 6.61 Å². The van der Waals surface area contributed by atoms with Crippen molar-refractivity contribution in [3.8, 4) is 0 Å². The Balaban J connectivity index is 1.70. The van der Waals surface area contributed by atoms with Crippen LogP contribution in [-0.4, -0.2) is 17.6 Å². The summed E-state index contributed by atoms with van der Waals surface area (Å²) in [5, 5.41) is 0. The molecular weight excluding hydrogens is 274 g/mol. The van der Waals surface area contributed by atoms with Crippen molar-refractivity contribution in [1.29, 1.82) is 0 Å². The van der Waals surface area contributed by atoms with Gasteiger partial charge in [-0.25, -0.2) is 4.79 Å². The van der Waals surface area contributed by atoms with E-state index in [2.05, 4.69) is 17.1 Å². The highest BCUT2D eigenvalue weighted by Gasteiger charge is 2.20. The summed E-state index contributed by atoms with van der Waals surface area (Å²) in [6.07, 6.45) is 8.12. The third kappa shape index (κ3) is 3.35. The van der Waals surface area contributed by atoms with Gasteiger partial charge in [0, 0.05) is 12.4 Å². The molecule has 1 atom stereocenters. The molecule has 1 aromatic carbocycles. The van der Waals surface area contributed by atoms with E-state index in [1.807, 2.05) is 37.5 Å². The van der Waals surface area contributed by atoms with Crippen molar-refractivity contribution in [2.24, 2.45) is 5.92 Å². The molecule has 0 amide bonds. The molecule has 0 radical (unpaired) electrons. The second-order valence-electron chi connectivity index (χ2n) is 5.88. The molecule has 22 heavy (non-hydrogen) atoms. The molecule has 0 bridgehead atoms. The van der Waals surface area contributed by atoms with Gasteiger partial charge in [-0.15, -0.1) is 0 Å². The molecule has 0 saturated carbocycles. The summed E-state index contributed by atoms with van der Waals surface area (Å²) < 4.78 is 5.07. The first-order chi connectivity index (χ1) is 10.8. The minimum absolute atomic E-state index is 0.220. The maximum Gasteiger partial charge on any atom is 0.338 e. The number of aryl methyl sites for hydroxylation is 1. The predicted molar refractivity (Wildman–Crippen MR) is 85.9 cm³/mol. The number of ether oxygens (including phenoxy) is 1. The molecule has 3 heteroatoms. The molecule has 0 spiro atoms. The normalized spacial score (nSPS) is 16.9. The molecule has 0 fully saturated rings. The second-order valence-corrected chi connectivity index (χ2v) is 5.88. The quantitative estimate of drug-likeness (QED) is 0.809. The van der Waals surface area contributed by atoms with Crippen LogP contribution in [0.4, 0.5) is 0 Å². The molecular formula is C19H21NO2. The highest BCUT2D eigenvalue weighted by atomic mass is 16.5. The van der Waals surface area contributed by atoms with E-state index in [-0.39, 0.29) is 5.97 Å². The van der Waals surface area contributed by atoms with Crippen molar-refractivity contribution < 1.29 is 9.53 Å².